The number of benzene rings is 2. The van der Waals surface area contributed by atoms with E-state index >= 15 is 0 Å². The van der Waals surface area contributed by atoms with Crippen molar-refractivity contribution in [3.63, 3.8) is 0 Å². The number of rotatable bonds is 7. The SMILES string of the molecule is CCOc1ccc(-n2c(C)c3c(C)nnc(Nc4cccc(OC)c4)c3c2C)c(OC)c1. The first-order valence-corrected chi connectivity index (χ1v) is 10.6. The molecule has 2 aromatic carbocycles. The summed E-state index contributed by atoms with van der Waals surface area (Å²) >= 11 is 0. The number of aromatic nitrogens is 3. The van der Waals surface area contributed by atoms with Crippen LogP contribution >= 0.6 is 0 Å². The highest BCUT2D eigenvalue weighted by atomic mass is 16.5. The van der Waals surface area contributed by atoms with E-state index in [1.165, 1.54) is 0 Å². The van der Waals surface area contributed by atoms with Crippen molar-refractivity contribution >= 4 is 22.3 Å². The summed E-state index contributed by atoms with van der Waals surface area (Å²) in [6, 6.07) is 13.7. The van der Waals surface area contributed by atoms with Crippen molar-refractivity contribution in [2.75, 3.05) is 26.1 Å². The van der Waals surface area contributed by atoms with Crippen molar-refractivity contribution in [1.29, 1.82) is 0 Å². The first-order chi connectivity index (χ1) is 15.5. The van der Waals surface area contributed by atoms with E-state index in [0.717, 1.165) is 56.5 Å². The molecule has 0 atom stereocenters. The number of methoxy groups -OCH3 is 2. The van der Waals surface area contributed by atoms with E-state index in [-0.39, 0.29) is 0 Å². The summed E-state index contributed by atoms with van der Waals surface area (Å²) in [5, 5.41) is 14.4. The average molecular weight is 433 g/mol. The van der Waals surface area contributed by atoms with E-state index in [0.29, 0.717) is 12.4 Å². The van der Waals surface area contributed by atoms with Gasteiger partial charge >= 0.3 is 0 Å². The summed E-state index contributed by atoms with van der Waals surface area (Å²) < 4.78 is 18.9. The standard InChI is InChI=1S/C25H28N4O3/c1-7-32-20-11-12-21(22(14-20)31-6)29-16(3)23-15(2)27-28-25(24(23)17(29)4)26-18-9-8-10-19(13-18)30-5/h8-14H,7H2,1-6H3,(H,26,28). The first-order valence-electron chi connectivity index (χ1n) is 10.6. The topological polar surface area (TPSA) is 70.4 Å². The number of hydrogen-bond acceptors (Lipinski definition) is 6. The highest BCUT2D eigenvalue weighted by Gasteiger charge is 2.21. The van der Waals surface area contributed by atoms with Crippen LogP contribution < -0.4 is 19.5 Å². The minimum absolute atomic E-state index is 0.601. The minimum Gasteiger partial charge on any atom is -0.497 e. The van der Waals surface area contributed by atoms with Crippen molar-refractivity contribution in [3.05, 3.63) is 59.5 Å². The molecule has 0 aliphatic carbocycles. The fourth-order valence-corrected chi connectivity index (χ4v) is 4.18. The molecule has 0 saturated heterocycles. The Morgan fingerprint density at radius 3 is 2.38 bits per heavy atom. The van der Waals surface area contributed by atoms with Crippen molar-refractivity contribution in [2.24, 2.45) is 0 Å². The van der Waals surface area contributed by atoms with Gasteiger partial charge < -0.3 is 24.1 Å². The number of aryl methyl sites for hydroxylation is 3. The fourth-order valence-electron chi connectivity index (χ4n) is 4.18. The Kier molecular flexibility index (Phi) is 5.90. The van der Waals surface area contributed by atoms with Gasteiger partial charge in [-0.25, -0.2) is 0 Å². The molecule has 1 N–H and O–H groups in total. The third-order valence-electron chi connectivity index (χ3n) is 5.58. The van der Waals surface area contributed by atoms with E-state index in [1.807, 2.05) is 56.3 Å². The predicted octanol–water partition coefficient (Wildman–Crippen LogP) is 5.51. The number of anilines is 2. The molecule has 0 fully saturated rings. The summed E-state index contributed by atoms with van der Waals surface area (Å²) in [4.78, 5) is 0. The molecule has 0 amide bonds. The Hall–Kier alpha value is -3.74. The Labute approximate surface area is 187 Å². The van der Waals surface area contributed by atoms with Gasteiger partial charge in [-0.05, 0) is 52.0 Å². The van der Waals surface area contributed by atoms with Crippen LogP contribution in [0.3, 0.4) is 0 Å². The molecule has 0 bridgehead atoms. The maximum absolute atomic E-state index is 5.71. The Morgan fingerprint density at radius 2 is 1.66 bits per heavy atom. The molecule has 2 heterocycles. The fraction of sp³-hybridized carbons (Fsp3) is 0.280. The van der Waals surface area contributed by atoms with Crippen LogP contribution in [-0.2, 0) is 0 Å². The van der Waals surface area contributed by atoms with Crippen molar-refractivity contribution in [2.45, 2.75) is 27.7 Å². The van der Waals surface area contributed by atoms with Crippen LogP contribution in [0.1, 0.15) is 24.0 Å². The van der Waals surface area contributed by atoms with Gasteiger partial charge in [0.05, 0.1) is 32.2 Å². The molecule has 4 rings (SSSR count). The zero-order valence-electron chi connectivity index (χ0n) is 19.3. The second-order valence-electron chi connectivity index (χ2n) is 7.51. The van der Waals surface area contributed by atoms with Gasteiger partial charge in [-0.2, -0.15) is 5.10 Å². The summed E-state index contributed by atoms with van der Waals surface area (Å²) in [6.45, 7) is 8.73. The van der Waals surface area contributed by atoms with Gasteiger partial charge in [0.1, 0.15) is 17.2 Å². The van der Waals surface area contributed by atoms with Crippen molar-refractivity contribution in [3.8, 4) is 22.9 Å². The molecule has 0 saturated carbocycles. The number of hydrogen-bond donors (Lipinski definition) is 1. The van der Waals surface area contributed by atoms with Crippen LogP contribution in [0.15, 0.2) is 42.5 Å². The summed E-state index contributed by atoms with van der Waals surface area (Å²) in [5.41, 5.74) is 4.81. The second-order valence-corrected chi connectivity index (χ2v) is 7.51. The van der Waals surface area contributed by atoms with Gasteiger partial charge in [0.2, 0.25) is 0 Å². The summed E-state index contributed by atoms with van der Waals surface area (Å²) in [7, 11) is 3.33. The normalized spacial score (nSPS) is 10.9. The summed E-state index contributed by atoms with van der Waals surface area (Å²) in [6.07, 6.45) is 0. The maximum Gasteiger partial charge on any atom is 0.162 e. The molecule has 0 radical (unpaired) electrons. The molecular formula is C25H28N4O3. The number of nitrogens with one attached hydrogen (secondary N) is 1. The maximum atomic E-state index is 5.71. The third-order valence-corrected chi connectivity index (χ3v) is 5.58. The van der Waals surface area contributed by atoms with Gasteiger partial charge in [-0.3, -0.25) is 0 Å². The molecular weight excluding hydrogens is 404 g/mol. The van der Waals surface area contributed by atoms with E-state index in [2.05, 4.69) is 33.9 Å². The van der Waals surface area contributed by atoms with E-state index in [9.17, 15) is 0 Å². The molecule has 32 heavy (non-hydrogen) atoms. The predicted molar refractivity (Wildman–Crippen MR) is 127 cm³/mol. The van der Waals surface area contributed by atoms with Crippen molar-refractivity contribution in [1.82, 2.24) is 14.8 Å². The molecule has 0 unspecified atom stereocenters. The monoisotopic (exact) mass is 432 g/mol. The molecule has 166 valence electrons. The first kappa shape index (κ1) is 21.5. The smallest absolute Gasteiger partial charge is 0.162 e. The Bertz CT molecular complexity index is 1280. The number of fused-ring (bicyclic) bond motifs is 1. The third kappa shape index (κ3) is 3.70. The molecule has 7 heteroatoms. The zero-order valence-corrected chi connectivity index (χ0v) is 19.3. The van der Waals surface area contributed by atoms with Crippen LogP contribution in [0, 0.1) is 20.8 Å². The molecule has 7 nitrogen and oxygen atoms in total. The summed E-state index contributed by atoms with van der Waals surface area (Å²) in [5.74, 6) is 2.99. The molecule has 2 aromatic heterocycles. The van der Waals surface area contributed by atoms with Gasteiger partial charge in [0.15, 0.2) is 5.82 Å². The zero-order chi connectivity index (χ0) is 22.8. The average Bonchev–Trinajstić information content (AvgIpc) is 3.07. The molecule has 4 aromatic rings. The second kappa shape index (κ2) is 8.78. The Morgan fingerprint density at radius 1 is 0.875 bits per heavy atom. The quantitative estimate of drug-likeness (QED) is 0.415. The molecule has 0 aliphatic heterocycles. The lowest BCUT2D eigenvalue weighted by molar-refractivity contribution is 0.336. The van der Waals surface area contributed by atoms with Gasteiger partial charge in [0, 0.05) is 40.0 Å². The van der Waals surface area contributed by atoms with Crippen LogP contribution in [0.2, 0.25) is 0 Å². The lowest BCUT2D eigenvalue weighted by atomic mass is 10.1. The van der Waals surface area contributed by atoms with Gasteiger partial charge in [-0.1, -0.05) is 6.07 Å². The van der Waals surface area contributed by atoms with Crippen LogP contribution in [0.25, 0.3) is 16.5 Å². The molecule has 0 aliphatic rings. The Balaban J connectivity index is 1.90. The van der Waals surface area contributed by atoms with Crippen LogP contribution in [-0.4, -0.2) is 35.6 Å². The van der Waals surface area contributed by atoms with E-state index in [4.69, 9.17) is 14.2 Å². The lowest BCUT2D eigenvalue weighted by Crippen LogP contribution is -2.03. The minimum atomic E-state index is 0.601. The van der Waals surface area contributed by atoms with Crippen molar-refractivity contribution < 1.29 is 14.2 Å². The molecule has 0 spiro atoms. The highest BCUT2D eigenvalue weighted by Crippen LogP contribution is 2.38. The largest absolute Gasteiger partial charge is 0.497 e. The highest BCUT2D eigenvalue weighted by molar-refractivity contribution is 5.99. The number of ether oxygens (including phenoxy) is 3. The van der Waals surface area contributed by atoms with E-state index in [1.54, 1.807) is 14.2 Å². The van der Waals surface area contributed by atoms with Crippen LogP contribution in [0.4, 0.5) is 11.5 Å². The van der Waals surface area contributed by atoms with E-state index < -0.39 is 0 Å². The van der Waals surface area contributed by atoms with Crippen LogP contribution in [0.5, 0.6) is 17.2 Å². The van der Waals surface area contributed by atoms with Gasteiger partial charge in [-0.15, -0.1) is 5.10 Å². The lowest BCUT2D eigenvalue weighted by Gasteiger charge is -2.15. The number of nitrogens with zero attached hydrogens (tertiary/aromatic N) is 3. The van der Waals surface area contributed by atoms with Gasteiger partial charge in [0.25, 0.3) is 0 Å².